The van der Waals surface area contributed by atoms with Gasteiger partial charge in [0, 0.05) is 12.0 Å². The Morgan fingerprint density at radius 2 is 2.38 bits per heavy atom. The topological polar surface area (TPSA) is 73.1 Å². The van der Waals surface area contributed by atoms with Crippen LogP contribution in [0, 0.1) is 0 Å². The van der Waals surface area contributed by atoms with E-state index in [4.69, 9.17) is 10.6 Å². The van der Waals surface area contributed by atoms with Crippen molar-refractivity contribution in [2.75, 3.05) is 17.8 Å². The van der Waals surface area contributed by atoms with Crippen LogP contribution in [0.3, 0.4) is 0 Å². The first kappa shape index (κ1) is 11.6. The summed E-state index contributed by atoms with van der Waals surface area (Å²) in [5.41, 5.74) is 4.70. The maximum atomic E-state index is 5.47. The molecule has 0 unspecified atom stereocenters. The molecule has 88 valence electrons. The van der Waals surface area contributed by atoms with E-state index in [1.54, 1.807) is 11.8 Å². The lowest BCUT2D eigenvalue weighted by molar-refractivity contribution is 0.109. The molecule has 6 heteroatoms. The molecule has 0 saturated heterocycles. The van der Waals surface area contributed by atoms with Crippen molar-refractivity contribution in [2.24, 2.45) is 5.84 Å². The van der Waals surface area contributed by atoms with Crippen molar-refractivity contribution in [3.63, 3.8) is 0 Å². The lowest BCUT2D eigenvalue weighted by Gasteiger charge is -2.18. The Balaban J connectivity index is 2.28. The van der Waals surface area contributed by atoms with E-state index in [9.17, 15) is 0 Å². The maximum Gasteiger partial charge on any atom is 0.149 e. The second-order valence-corrected chi connectivity index (χ2v) is 4.77. The first-order valence-corrected chi connectivity index (χ1v) is 6.51. The quantitative estimate of drug-likeness (QED) is 0.606. The fourth-order valence-electron chi connectivity index (χ4n) is 1.66. The first-order chi connectivity index (χ1) is 7.85. The molecule has 5 nitrogen and oxygen atoms in total. The summed E-state index contributed by atoms with van der Waals surface area (Å²) in [6.07, 6.45) is 0.844. The Hall–Kier alpha value is -0.850. The maximum absolute atomic E-state index is 5.47. The molecule has 1 aromatic heterocycles. The predicted octanol–water partition coefficient (Wildman–Crippen LogP) is 1.09. The van der Waals surface area contributed by atoms with Crippen LogP contribution in [-0.4, -0.2) is 22.3 Å². The smallest absolute Gasteiger partial charge is 0.149 e. The van der Waals surface area contributed by atoms with Gasteiger partial charge in [0.1, 0.15) is 11.6 Å². The highest BCUT2D eigenvalue weighted by Gasteiger charge is 2.17. The van der Waals surface area contributed by atoms with Crippen molar-refractivity contribution >= 4 is 17.6 Å². The fourth-order valence-corrected chi connectivity index (χ4v) is 2.18. The number of nitrogen functional groups attached to an aromatic ring is 1. The third kappa shape index (κ3) is 2.45. The molecular weight excluding hydrogens is 224 g/mol. The van der Waals surface area contributed by atoms with E-state index in [0.717, 1.165) is 41.6 Å². The summed E-state index contributed by atoms with van der Waals surface area (Å²) < 4.78 is 5.38. The van der Waals surface area contributed by atoms with Gasteiger partial charge < -0.3 is 10.2 Å². The van der Waals surface area contributed by atoms with Crippen LogP contribution >= 0.6 is 11.8 Å². The molecule has 0 amide bonds. The van der Waals surface area contributed by atoms with E-state index in [1.807, 2.05) is 0 Å². The molecule has 0 aromatic carbocycles. The molecule has 1 aliphatic rings. The zero-order valence-electron chi connectivity index (χ0n) is 9.32. The average molecular weight is 240 g/mol. The van der Waals surface area contributed by atoms with E-state index in [2.05, 4.69) is 22.3 Å². The number of nitrogens with zero attached hydrogens (tertiary/aromatic N) is 2. The predicted molar refractivity (Wildman–Crippen MR) is 65.0 cm³/mol. The number of ether oxygens (including phenoxy) is 1. The van der Waals surface area contributed by atoms with Gasteiger partial charge in [-0.05, 0) is 5.75 Å². The second kappa shape index (κ2) is 5.47. The van der Waals surface area contributed by atoms with Crippen molar-refractivity contribution in [3.05, 3.63) is 17.1 Å². The second-order valence-electron chi connectivity index (χ2n) is 3.50. The van der Waals surface area contributed by atoms with Crippen molar-refractivity contribution in [1.82, 2.24) is 9.97 Å². The molecule has 0 bridgehead atoms. The number of aromatic nitrogens is 2. The highest BCUT2D eigenvalue weighted by Crippen LogP contribution is 2.22. The number of rotatable bonds is 4. The molecule has 0 radical (unpaired) electrons. The molecule has 1 aromatic rings. The first-order valence-electron chi connectivity index (χ1n) is 5.36. The lowest BCUT2D eigenvalue weighted by atomic mass is 10.1. The lowest BCUT2D eigenvalue weighted by Crippen LogP contribution is -2.20. The molecule has 3 N–H and O–H groups in total. The van der Waals surface area contributed by atoms with E-state index >= 15 is 0 Å². The highest BCUT2D eigenvalue weighted by atomic mass is 32.2. The minimum atomic E-state index is 0.552. The summed E-state index contributed by atoms with van der Waals surface area (Å²) in [6.45, 7) is 3.41. The van der Waals surface area contributed by atoms with Crippen LogP contribution < -0.4 is 11.3 Å². The summed E-state index contributed by atoms with van der Waals surface area (Å²) in [5.74, 6) is 8.92. The van der Waals surface area contributed by atoms with Crippen LogP contribution in [0.25, 0.3) is 0 Å². The van der Waals surface area contributed by atoms with Gasteiger partial charge in [-0.15, -0.1) is 0 Å². The molecule has 0 spiro atoms. The van der Waals surface area contributed by atoms with Crippen molar-refractivity contribution in [3.8, 4) is 0 Å². The Bertz CT molecular complexity index is 355. The van der Waals surface area contributed by atoms with Crippen LogP contribution in [0.2, 0.25) is 0 Å². The zero-order chi connectivity index (χ0) is 11.4. The summed E-state index contributed by atoms with van der Waals surface area (Å²) in [6, 6.07) is 0. The van der Waals surface area contributed by atoms with Gasteiger partial charge in [-0.1, -0.05) is 6.92 Å². The Morgan fingerprint density at radius 1 is 1.50 bits per heavy atom. The molecule has 2 rings (SSSR count). The number of fused-ring (bicyclic) bond motifs is 1. The molecule has 0 fully saturated rings. The van der Waals surface area contributed by atoms with Gasteiger partial charge in [-0.3, -0.25) is 0 Å². The number of thioether (sulfide) groups is 1. The minimum Gasteiger partial charge on any atom is -0.376 e. The average Bonchev–Trinajstić information content (AvgIpc) is 2.35. The van der Waals surface area contributed by atoms with Crippen LogP contribution in [-0.2, 0) is 23.5 Å². The largest absolute Gasteiger partial charge is 0.376 e. The van der Waals surface area contributed by atoms with Gasteiger partial charge in [-0.25, -0.2) is 15.8 Å². The number of nitrogens with one attached hydrogen (secondary N) is 1. The molecule has 16 heavy (non-hydrogen) atoms. The van der Waals surface area contributed by atoms with Gasteiger partial charge >= 0.3 is 0 Å². The van der Waals surface area contributed by atoms with Crippen molar-refractivity contribution in [1.29, 1.82) is 0 Å². The van der Waals surface area contributed by atoms with Gasteiger partial charge in [0.15, 0.2) is 0 Å². The Kier molecular flexibility index (Phi) is 3.98. The van der Waals surface area contributed by atoms with E-state index in [-0.39, 0.29) is 0 Å². The van der Waals surface area contributed by atoms with Crippen LogP contribution in [0.15, 0.2) is 0 Å². The molecular formula is C10H16N4OS. The van der Waals surface area contributed by atoms with Crippen LogP contribution in [0.5, 0.6) is 0 Å². The van der Waals surface area contributed by atoms with Crippen molar-refractivity contribution in [2.45, 2.75) is 25.7 Å². The number of hydrogen-bond acceptors (Lipinski definition) is 6. The van der Waals surface area contributed by atoms with E-state index < -0.39 is 0 Å². The Morgan fingerprint density at radius 3 is 3.12 bits per heavy atom. The fraction of sp³-hybridized carbons (Fsp3) is 0.600. The number of anilines is 1. The van der Waals surface area contributed by atoms with E-state index in [1.165, 1.54) is 0 Å². The molecule has 0 saturated carbocycles. The number of nitrogens with two attached hydrogens (primary N) is 1. The monoisotopic (exact) mass is 240 g/mol. The summed E-state index contributed by atoms with van der Waals surface area (Å²) in [5, 5.41) is 0. The van der Waals surface area contributed by atoms with Crippen LogP contribution in [0.1, 0.15) is 24.0 Å². The summed E-state index contributed by atoms with van der Waals surface area (Å²) >= 11 is 1.81. The van der Waals surface area contributed by atoms with Crippen LogP contribution in [0.4, 0.5) is 5.82 Å². The normalized spacial score (nSPS) is 14.6. The molecule has 1 aliphatic heterocycles. The summed E-state index contributed by atoms with van der Waals surface area (Å²) in [7, 11) is 0. The summed E-state index contributed by atoms with van der Waals surface area (Å²) in [4.78, 5) is 8.95. The third-order valence-corrected chi connectivity index (χ3v) is 3.31. The minimum absolute atomic E-state index is 0.552. The van der Waals surface area contributed by atoms with Gasteiger partial charge in [0.05, 0.1) is 24.7 Å². The van der Waals surface area contributed by atoms with Crippen molar-refractivity contribution < 1.29 is 4.74 Å². The van der Waals surface area contributed by atoms with Gasteiger partial charge in [-0.2, -0.15) is 11.8 Å². The van der Waals surface area contributed by atoms with Gasteiger partial charge in [0.2, 0.25) is 0 Å². The molecule has 0 aliphatic carbocycles. The van der Waals surface area contributed by atoms with E-state index in [0.29, 0.717) is 12.4 Å². The molecule has 2 heterocycles. The standard InChI is InChI=1S/C10H16N4OS/c1-2-16-6-9-12-8-3-4-15-5-7(8)10(13-9)14-11/h2-6,11H2,1H3,(H,12,13,14). The van der Waals surface area contributed by atoms with Gasteiger partial charge in [0.25, 0.3) is 0 Å². The Labute approximate surface area is 99.2 Å². The number of hydrogen-bond donors (Lipinski definition) is 2. The zero-order valence-corrected chi connectivity index (χ0v) is 10.1. The highest BCUT2D eigenvalue weighted by molar-refractivity contribution is 7.98. The number of hydrazine groups is 1. The molecule has 0 atom stereocenters. The SMILES string of the molecule is CCSCc1nc2c(c(NN)n1)COCC2. The third-order valence-electron chi connectivity index (χ3n) is 2.44.